The van der Waals surface area contributed by atoms with Gasteiger partial charge in [0.25, 0.3) is 5.91 Å². The summed E-state index contributed by atoms with van der Waals surface area (Å²) in [7, 11) is -4.54. The first-order chi connectivity index (χ1) is 17.7. The number of aliphatic hydroxyl groups is 2. The molecule has 208 valence electrons. The Hall–Kier alpha value is -2.51. The summed E-state index contributed by atoms with van der Waals surface area (Å²) in [6, 6.07) is 0. The van der Waals surface area contributed by atoms with Crippen molar-refractivity contribution in [1.82, 2.24) is 24.2 Å². The van der Waals surface area contributed by atoms with Gasteiger partial charge < -0.3 is 34.9 Å². The number of nitrogens with one attached hydrogen (secondary N) is 1. The molecule has 1 fully saturated rings. The molecule has 1 aliphatic heterocycles. The summed E-state index contributed by atoms with van der Waals surface area (Å²) in [4.78, 5) is 23.8. The van der Waals surface area contributed by atoms with Crippen molar-refractivity contribution in [2.45, 2.75) is 44.3 Å². The summed E-state index contributed by atoms with van der Waals surface area (Å²) >= 11 is 0. The molecule has 0 aliphatic carbocycles. The van der Waals surface area contributed by atoms with Crippen LogP contribution < -0.4 is 10.5 Å². The quantitative estimate of drug-likeness (QED) is 0.171. The number of hydrogen-bond donors (Lipinski definition) is 4. The Morgan fingerprint density at radius 2 is 1.81 bits per heavy atom. The normalized spacial score (nSPS) is 22.0. The Morgan fingerprint density at radius 1 is 1.11 bits per heavy atom. The van der Waals surface area contributed by atoms with Crippen LogP contribution in [0, 0.1) is 0 Å². The van der Waals surface area contributed by atoms with Crippen molar-refractivity contribution in [1.29, 1.82) is 0 Å². The number of ether oxygens (including phenoxy) is 4. The lowest BCUT2D eigenvalue weighted by Crippen LogP contribution is -2.39. The number of aliphatic hydroxyl groups excluding tert-OH is 2. The molecule has 5 N–H and O–H groups in total. The highest BCUT2D eigenvalue weighted by molar-refractivity contribution is 7.85. The van der Waals surface area contributed by atoms with E-state index in [1.165, 1.54) is 17.2 Å². The first-order valence-corrected chi connectivity index (χ1v) is 13.0. The first kappa shape index (κ1) is 29.1. The standard InChI is InChI=1S/C20H32N6O10S/c1-2-3-4-32-5-6-33-7-8-34-10-14(27)25-37(30,31)35-9-13-16(28)17(29)20(36-13)26-12-24-15-18(21)22-11-23-19(15)26/h11-13,16-17,20,28-29H,2-10H2,1H3,(H,25,27)(H2,21,22,23)/t13-,16-,17-,20-/m1/s1. The van der Waals surface area contributed by atoms with E-state index in [1.807, 2.05) is 0 Å². The minimum Gasteiger partial charge on any atom is -0.387 e. The maximum absolute atomic E-state index is 12.1. The number of nitrogen functional groups attached to an aromatic ring is 1. The largest absolute Gasteiger partial charge is 0.387 e. The Kier molecular flexibility index (Phi) is 10.9. The number of hydrogen-bond acceptors (Lipinski definition) is 14. The molecule has 2 aromatic heterocycles. The van der Waals surface area contributed by atoms with Gasteiger partial charge in [-0.1, -0.05) is 13.3 Å². The fourth-order valence-electron chi connectivity index (χ4n) is 3.36. The summed E-state index contributed by atoms with van der Waals surface area (Å²) in [5.41, 5.74) is 6.26. The highest BCUT2D eigenvalue weighted by Crippen LogP contribution is 2.32. The van der Waals surface area contributed by atoms with Crippen molar-refractivity contribution < 1.29 is 46.6 Å². The lowest BCUT2D eigenvalue weighted by atomic mass is 10.1. The van der Waals surface area contributed by atoms with Crippen LogP contribution in [-0.2, 0) is 38.2 Å². The zero-order valence-electron chi connectivity index (χ0n) is 20.3. The molecule has 0 bridgehead atoms. The molecule has 0 aromatic carbocycles. The van der Waals surface area contributed by atoms with Crippen LogP contribution >= 0.6 is 0 Å². The first-order valence-electron chi connectivity index (χ1n) is 11.6. The fourth-order valence-corrected chi connectivity index (χ4v) is 4.07. The monoisotopic (exact) mass is 548 g/mol. The highest BCUT2D eigenvalue weighted by Gasteiger charge is 2.45. The maximum atomic E-state index is 12.1. The van der Waals surface area contributed by atoms with Crippen LogP contribution in [0.3, 0.4) is 0 Å². The number of unbranched alkanes of at least 4 members (excludes halogenated alkanes) is 1. The van der Waals surface area contributed by atoms with Crippen molar-refractivity contribution in [3.63, 3.8) is 0 Å². The number of carbonyl (C=O) groups is 1. The Bertz CT molecular complexity index is 1120. The molecular weight excluding hydrogens is 516 g/mol. The summed E-state index contributed by atoms with van der Waals surface area (Å²) in [6.07, 6.45) is -0.843. The molecule has 17 heteroatoms. The van der Waals surface area contributed by atoms with Crippen molar-refractivity contribution in [3.05, 3.63) is 12.7 Å². The molecule has 37 heavy (non-hydrogen) atoms. The maximum Gasteiger partial charge on any atom is 0.362 e. The molecule has 4 atom stereocenters. The summed E-state index contributed by atoms with van der Waals surface area (Å²) < 4.78 is 53.2. The van der Waals surface area contributed by atoms with Gasteiger partial charge in [0, 0.05) is 6.61 Å². The van der Waals surface area contributed by atoms with E-state index in [0.717, 1.165) is 12.8 Å². The smallest absolute Gasteiger partial charge is 0.362 e. The SMILES string of the molecule is CCCCOCCOCCOCC(=O)NS(=O)(=O)OC[C@H]1O[C@@H](n2cnc3c(N)ncnc32)[C@H](O)[C@@H]1O. The van der Waals surface area contributed by atoms with Crippen LogP contribution in [-0.4, -0.2) is 109 Å². The minimum atomic E-state index is -4.54. The van der Waals surface area contributed by atoms with Crippen LogP contribution in [0.5, 0.6) is 0 Å². The average molecular weight is 549 g/mol. The van der Waals surface area contributed by atoms with Gasteiger partial charge in [-0.2, -0.15) is 8.42 Å². The number of carbonyl (C=O) groups excluding carboxylic acids is 1. The molecule has 2 aromatic rings. The van der Waals surface area contributed by atoms with Crippen LogP contribution in [0.25, 0.3) is 11.2 Å². The second kappa shape index (κ2) is 13.9. The number of fused-ring (bicyclic) bond motifs is 1. The number of amides is 1. The molecule has 0 unspecified atom stereocenters. The summed E-state index contributed by atoms with van der Waals surface area (Å²) in [5.74, 6) is -0.849. The molecule has 1 aliphatic rings. The van der Waals surface area contributed by atoms with Crippen molar-refractivity contribution >= 4 is 33.2 Å². The Morgan fingerprint density at radius 3 is 2.54 bits per heavy atom. The van der Waals surface area contributed by atoms with E-state index in [4.69, 9.17) is 28.9 Å². The highest BCUT2D eigenvalue weighted by atomic mass is 32.2. The minimum absolute atomic E-state index is 0.0736. The summed E-state index contributed by atoms with van der Waals surface area (Å²) in [5, 5.41) is 20.7. The van der Waals surface area contributed by atoms with E-state index in [1.54, 1.807) is 4.72 Å². The zero-order chi connectivity index (χ0) is 26.8. The second-order valence-corrected chi connectivity index (χ2v) is 9.37. The molecule has 1 amide bonds. The van der Waals surface area contributed by atoms with E-state index in [0.29, 0.717) is 19.8 Å². The lowest BCUT2D eigenvalue weighted by molar-refractivity contribution is -0.124. The van der Waals surface area contributed by atoms with Crippen molar-refractivity contribution in [3.8, 4) is 0 Å². The Labute approximate surface area is 213 Å². The number of rotatable bonds is 16. The predicted molar refractivity (Wildman–Crippen MR) is 126 cm³/mol. The molecule has 3 rings (SSSR count). The van der Waals surface area contributed by atoms with Gasteiger partial charge in [-0.3, -0.25) is 13.5 Å². The van der Waals surface area contributed by atoms with Gasteiger partial charge in [0.05, 0.1) is 39.4 Å². The van der Waals surface area contributed by atoms with Gasteiger partial charge in [-0.05, 0) is 6.42 Å². The lowest BCUT2D eigenvalue weighted by Gasteiger charge is -2.16. The van der Waals surface area contributed by atoms with Crippen molar-refractivity contribution in [2.75, 3.05) is 52.0 Å². The van der Waals surface area contributed by atoms with E-state index >= 15 is 0 Å². The fraction of sp³-hybridized carbons (Fsp3) is 0.700. The zero-order valence-corrected chi connectivity index (χ0v) is 21.1. The third kappa shape index (κ3) is 8.24. The van der Waals surface area contributed by atoms with Gasteiger partial charge in [-0.15, -0.1) is 0 Å². The van der Waals surface area contributed by atoms with E-state index < -0.39 is 54.0 Å². The molecular formula is C20H32N6O10S. The Balaban J connectivity index is 1.38. The number of nitrogens with zero attached hydrogens (tertiary/aromatic N) is 4. The molecule has 1 saturated heterocycles. The number of imidazole rings is 1. The third-order valence-corrected chi connectivity index (χ3v) is 6.17. The predicted octanol–water partition coefficient (Wildman–Crippen LogP) is -1.74. The molecule has 16 nitrogen and oxygen atoms in total. The third-order valence-electron chi connectivity index (χ3n) is 5.24. The van der Waals surface area contributed by atoms with E-state index in [-0.39, 0.29) is 30.2 Å². The summed E-state index contributed by atoms with van der Waals surface area (Å²) in [6.45, 7) is 2.63. The topological polar surface area (TPSA) is 219 Å². The molecule has 0 spiro atoms. The molecule has 3 heterocycles. The van der Waals surface area contributed by atoms with Crippen LogP contribution in [0.1, 0.15) is 26.0 Å². The van der Waals surface area contributed by atoms with Gasteiger partial charge in [0.1, 0.15) is 36.8 Å². The number of anilines is 1. The second-order valence-electron chi connectivity index (χ2n) is 8.02. The average Bonchev–Trinajstić information content (AvgIpc) is 3.40. The van der Waals surface area contributed by atoms with E-state index in [2.05, 4.69) is 21.9 Å². The van der Waals surface area contributed by atoms with Gasteiger partial charge >= 0.3 is 10.3 Å². The molecule has 0 saturated carbocycles. The van der Waals surface area contributed by atoms with Crippen molar-refractivity contribution in [2.24, 2.45) is 0 Å². The van der Waals surface area contributed by atoms with Gasteiger partial charge in [-0.25, -0.2) is 19.7 Å². The van der Waals surface area contributed by atoms with Crippen LogP contribution in [0.15, 0.2) is 12.7 Å². The number of nitrogens with two attached hydrogens (primary N) is 1. The number of aromatic nitrogens is 4. The van der Waals surface area contributed by atoms with Gasteiger partial charge in [0.2, 0.25) is 0 Å². The molecule has 0 radical (unpaired) electrons. The van der Waals surface area contributed by atoms with Crippen LogP contribution in [0.2, 0.25) is 0 Å². The van der Waals surface area contributed by atoms with Crippen LogP contribution in [0.4, 0.5) is 5.82 Å². The van der Waals surface area contributed by atoms with Gasteiger partial charge in [0.15, 0.2) is 17.7 Å². The van der Waals surface area contributed by atoms with E-state index in [9.17, 15) is 23.4 Å².